The number of rotatable bonds is 6. The van der Waals surface area contributed by atoms with Gasteiger partial charge in [-0.1, -0.05) is 20.8 Å². The normalized spacial score (nSPS) is 46.7. The lowest BCUT2D eigenvalue weighted by atomic mass is 9.43. The van der Waals surface area contributed by atoms with Gasteiger partial charge in [-0.25, -0.2) is 0 Å². The molecule has 2 N–H and O–H groups in total. The monoisotopic (exact) mass is 447 g/mol. The van der Waals surface area contributed by atoms with Gasteiger partial charge in [-0.2, -0.15) is 0 Å². The van der Waals surface area contributed by atoms with E-state index in [2.05, 4.69) is 34.6 Å². The number of amides is 1. The maximum absolute atomic E-state index is 12.6. The van der Waals surface area contributed by atoms with E-state index in [1.807, 2.05) is 4.90 Å². The van der Waals surface area contributed by atoms with Gasteiger partial charge in [0.2, 0.25) is 5.91 Å². The number of aliphatic hydroxyl groups is 2. The average molecular weight is 448 g/mol. The van der Waals surface area contributed by atoms with Crippen LogP contribution in [0.4, 0.5) is 0 Å². The third-order valence-corrected chi connectivity index (χ3v) is 11.3. The minimum absolute atomic E-state index is 0.165. The minimum atomic E-state index is -0.202. The Bertz CT molecular complexity index is 678. The van der Waals surface area contributed by atoms with Gasteiger partial charge in [0.25, 0.3) is 0 Å². The molecule has 4 aliphatic rings. The summed E-state index contributed by atoms with van der Waals surface area (Å²) in [5, 5.41) is 21.7. The molecule has 0 unspecified atom stereocenters. The fourth-order valence-electron chi connectivity index (χ4n) is 9.46. The molecule has 0 aromatic rings. The molecule has 1 amide bonds. The van der Waals surface area contributed by atoms with Crippen molar-refractivity contribution in [2.75, 3.05) is 13.1 Å². The highest BCUT2D eigenvalue weighted by Crippen LogP contribution is 2.68. The van der Waals surface area contributed by atoms with E-state index >= 15 is 0 Å². The molecule has 0 spiro atoms. The summed E-state index contributed by atoms with van der Waals surface area (Å²) in [6.45, 7) is 13.2. The Morgan fingerprint density at radius 1 is 0.969 bits per heavy atom. The van der Waals surface area contributed by atoms with Crippen LogP contribution < -0.4 is 0 Å². The standard InChI is InChI=1S/C28H49NO3/c1-6-29(7-2)25(32)11-8-18(3)21-9-10-22-26-23(13-15-28(21,22)5)27(4)14-12-20(30)16-19(27)17-24(26)31/h18-24,26,30-31H,6-17H2,1-5H3/t18-,19+,20-,21-,22+,23+,24-,26+,27+,28-/m1/s1. The molecule has 0 bridgehead atoms. The lowest BCUT2D eigenvalue weighted by Crippen LogP contribution is -2.58. The second-order valence-electron chi connectivity index (χ2n) is 12.5. The zero-order chi connectivity index (χ0) is 23.3. The highest BCUT2D eigenvalue weighted by molar-refractivity contribution is 5.76. The number of carbonyl (C=O) groups is 1. The topological polar surface area (TPSA) is 60.8 Å². The number of hydrogen-bond acceptors (Lipinski definition) is 3. The summed E-state index contributed by atoms with van der Waals surface area (Å²) in [5.74, 6) is 3.69. The van der Waals surface area contributed by atoms with E-state index in [0.717, 1.165) is 45.2 Å². The molecule has 4 heteroatoms. The lowest BCUT2D eigenvalue weighted by Gasteiger charge is -2.62. The molecular weight excluding hydrogens is 398 g/mol. The molecule has 0 saturated heterocycles. The molecule has 4 rings (SSSR count). The summed E-state index contributed by atoms with van der Waals surface area (Å²) >= 11 is 0. The maximum atomic E-state index is 12.6. The van der Waals surface area contributed by atoms with Gasteiger partial charge in [0.15, 0.2) is 0 Å². The van der Waals surface area contributed by atoms with Crippen molar-refractivity contribution in [2.24, 2.45) is 46.3 Å². The lowest BCUT2D eigenvalue weighted by molar-refractivity contribution is -0.174. The van der Waals surface area contributed by atoms with Gasteiger partial charge in [0.1, 0.15) is 0 Å². The van der Waals surface area contributed by atoms with Crippen LogP contribution in [0.15, 0.2) is 0 Å². The van der Waals surface area contributed by atoms with E-state index in [-0.39, 0.29) is 12.2 Å². The molecular formula is C28H49NO3. The molecule has 4 saturated carbocycles. The predicted molar refractivity (Wildman–Crippen MR) is 129 cm³/mol. The Kier molecular flexibility index (Phi) is 7.05. The number of nitrogens with zero attached hydrogens (tertiary/aromatic N) is 1. The average Bonchev–Trinajstić information content (AvgIpc) is 3.11. The van der Waals surface area contributed by atoms with E-state index < -0.39 is 0 Å². The summed E-state index contributed by atoms with van der Waals surface area (Å²) in [5.41, 5.74) is 0.599. The Labute approximate surface area is 196 Å². The molecule has 4 fully saturated rings. The summed E-state index contributed by atoms with van der Waals surface area (Å²) in [6, 6.07) is 0. The van der Waals surface area contributed by atoms with Crippen LogP contribution in [0.3, 0.4) is 0 Å². The van der Waals surface area contributed by atoms with E-state index in [9.17, 15) is 15.0 Å². The summed E-state index contributed by atoms with van der Waals surface area (Å²) < 4.78 is 0. The quantitative estimate of drug-likeness (QED) is 0.584. The maximum Gasteiger partial charge on any atom is 0.222 e. The van der Waals surface area contributed by atoms with Crippen LogP contribution >= 0.6 is 0 Å². The number of aliphatic hydroxyl groups excluding tert-OH is 2. The molecule has 4 aliphatic carbocycles. The first-order chi connectivity index (χ1) is 15.2. The molecule has 32 heavy (non-hydrogen) atoms. The second kappa shape index (κ2) is 9.21. The minimum Gasteiger partial charge on any atom is -0.393 e. The summed E-state index contributed by atoms with van der Waals surface area (Å²) in [4.78, 5) is 14.6. The molecule has 184 valence electrons. The van der Waals surface area contributed by atoms with Crippen molar-refractivity contribution in [2.45, 2.75) is 111 Å². The zero-order valence-electron chi connectivity index (χ0n) is 21.4. The molecule has 4 nitrogen and oxygen atoms in total. The first-order valence-corrected chi connectivity index (χ1v) is 13.8. The van der Waals surface area contributed by atoms with Crippen molar-refractivity contribution in [1.29, 1.82) is 0 Å². The van der Waals surface area contributed by atoms with Gasteiger partial charge in [-0.05, 0) is 118 Å². The van der Waals surface area contributed by atoms with E-state index in [1.54, 1.807) is 0 Å². The van der Waals surface area contributed by atoms with Gasteiger partial charge in [-0.3, -0.25) is 4.79 Å². The number of carbonyl (C=O) groups excluding carboxylic acids is 1. The largest absolute Gasteiger partial charge is 0.393 e. The summed E-state index contributed by atoms with van der Waals surface area (Å²) in [6.07, 6.45) is 10.2. The first-order valence-electron chi connectivity index (χ1n) is 13.8. The Balaban J connectivity index is 1.47. The van der Waals surface area contributed by atoms with Crippen molar-refractivity contribution in [3.8, 4) is 0 Å². The Hall–Kier alpha value is -0.610. The van der Waals surface area contributed by atoms with Crippen molar-refractivity contribution in [1.82, 2.24) is 4.90 Å². The van der Waals surface area contributed by atoms with Crippen molar-refractivity contribution >= 4 is 5.91 Å². The van der Waals surface area contributed by atoms with Crippen LogP contribution in [0.25, 0.3) is 0 Å². The molecule has 0 aromatic heterocycles. The van der Waals surface area contributed by atoms with Gasteiger partial charge in [-0.15, -0.1) is 0 Å². The fraction of sp³-hybridized carbons (Fsp3) is 0.964. The van der Waals surface area contributed by atoms with E-state index in [1.165, 1.54) is 25.7 Å². The third kappa shape index (κ3) is 3.96. The molecule has 0 radical (unpaired) electrons. The van der Waals surface area contributed by atoms with Crippen LogP contribution in [0.5, 0.6) is 0 Å². The van der Waals surface area contributed by atoms with Crippen molar-refractivity contribution in [3.05, 3.63) is 0 Å². The highest BCUT2D eigenvalue weighted by atomic mass is 16.3. The SMILES string of the molecule is CCN(CC)C(=O)CC[C@@H](C)[C@H]1CC[C@H]2[C@@H]3[C@H](O)C[C@@H]4C[C@H](O)CC[C@]4(C)[C@H]3CC[C@]12C. The van der Waals surface area contributed by atoms with Crippen LogP contribution in [-0.2, 0) is 4.79 Å². The second-order valence-corrected chi connectivity index (χ2v) is 12.5. The molecule has 10 atom stereocenters. The third-order valence-electron chi connectivity index (χ3n) is 11.3. The number of fused-ring (bicyclic) bond motifs is 5. The zero-order valence-corrected chi connectivity index (χ0v) is 21.4. The van der Waals surface area contributed by atoms with Crippen LogP contribution in [0.2, 0.25) is 0 Å². The van der Waals surface area contributed by atoms with Crippen LogP contribution in [0, 0.1) is 46.3 Å². The summed E-state index contributed by atoms with van der Waals surface area (Å²) in [7, 11) is 0. The van der Waals surface area contributed by atoms with E-state index in [4.69, 9.17) is 0 Å². The Morgan fingerprint density at radius 3 is 2.31 bits per heavy atom. The predicted octanol–water partition coefficient (Wildman–Crippen LogP) is 5.26. The van der Waals surface area contributed by atoms with Gasteiger partial charge < -0.3 is 15.1 Å². The van der Waals surface area contributed by atoms with Gasteiger partial charge in [0.05, 0.1) is 12.2 Å². The van der Waals surface area contributed by atoms with Crippen molar-refractivity contribution < 1.29 is 15.0 Å². The number of hydrogen-bond donors (Lipinski definition) is 2. The Morgan fingerprint density at radius 2 is 1.62 bits per heavy atom. The van der Waals surface area contributed by atoms with Crippen LogP contribution in [-0.4, -0.2) is 46.3 Å². The smallest absolute Gasteiger partial charge is 0.222 e. The molecule has 0 heterocycles. The fourth-order valence-corrected chi connectivity index (χ4v) is 9.46. The van der Waals surface area contributed by atoms with Gasteiger partial charge in [0, 0.05) is 19.5 Å². The van der Waals surface area contributed by atoms with Gasteiger partial charge >= 0.3 is 0 Å². The van der Waals surface area contributed by atoms with Crippen molar-refractivity contribution in [3.63, 3.8) is 0 Å². The van der Waals surface area contributed by atoms with Crippen LogP contribution in [0.1, 0.15) is 98.8 Å². The highest BCUT2D eigenvalue weighted by Gasteiger charge is 2.62. The first kappa shape index (κ1) is 24.5. The molecule has 0 aliphatic heterocycles. The van der Waals surface area contributed by atoms with E-state index in [0.29, 0.717) is 58.7 Å². The molecule has 0 aromatic carbocycles.